The summed E-state index contributed by atoms with van der Waals surface area (Å²) in [4.78, 5) is 26.2. The molecule has 2 atom stereocenters. The van der Waals surface area contributed by atoms with E-state index in [1.54, 1.807) is 11.8 Å². The minimum absolute atomic E-state index is 0.0609. The maximum absolute atomic E-state index is 12.4. The van der Waals surface area contributed by atoms with Crippen molar-refractivity contribution in [3.63, 3.8) is 0 Å². The van der Waals surface area contributed by atoms with Gasteiger partial charge in [-0.25, -0.2) is 4.79 Å². The average Bonchev–Trinajstić information content (AvgIpc) is 2.43. The van der Waals surface area contributed by atoms with Crippen LogP contribution in [0.3, 0.4) is 0 Å². The van der Waals surface area contributed by atoms with Gasteiger partial charge < -0.3 is 9.64 Å². The summed E-state index contributed by atoms with van der Waals surface area (Å²) in [7, 11) is 0. The van der Waals surface area contributed by atoms with Crippen LogP contribution in [-0.4, -0.2) is 35.5 Å². The van der Waals surface area contributed by atoms with Gasteiger partial charge >= 0.3 is 5.97 Å². The Balaban J connectivity index is 4.71. The Morgan fingerprint density at radius 1 is 1.05 bits per heavy atom. The molecule has 0 aliphatic rings. The van der Waals surface area contributed by atoms with Gasteiger partial charge in [-0.15, -0.1) is 0 Å². The summed E-state index contributed by atoms with van der Waals surface area (Å²) in [6, 6.07) is -0.504. The van der Waals surface area contributed by atoms with Crippen LogP contribution in [0, 0.1) is 5.92 Å². The first-order valence-electron chi connectivity index (χ1n) is 8.33. The third kappa shape index (κ3) is 8.08. The zero-order valence-corrected chi connectivity index (χ0v) is 14.6. The highest BCUT2D eigenvalue weighted by atomic mass is 16.5. The highest BCUT2D eigenvalue weighted by Gasteiger charge is 2.28. The number of nitrogens with zero attached hydrogens (tertiary/aromatic N) is 1. The van der Waals surface area contributed by atoms with Gasteiger partial charge in [0.25, 0.3) is 0 Å². The van der Waals surface area contributed by atoms with Crippen LogP contribution >= 0.6 is 0 Å². The van der Waals surface area contributed by atoms with Crippen LogP contribution in [0.2, 0.25) is 0 Å². The molecule has 0 aromatic heterocycles. The summed E-state index contributed by atoms with van der Waals surface area (Å²) in [5.74, 6) is 0.0959. The molecule has 4 nitrogen and oxygen atoms in total. The van der Waals surface area contributed by atoms with E-state index in [2.05, 4.69) is 20.8 Å². The first kappa shape index (κ1) is 19.9. The van der Waals surface area contributed by atoms with Gasteiger partial charge in [0.2, 0.25) is 5.91 Å². The Morgan fingerprint density at radius 2 is 1.67 bits per heavy atom. The molecule has 124 valence electrons. The van der Waals surface area contributed by atoms with Crippen molar-refractivity contribution in [1.29, 1.82) is 0 Å². The molecule has 1 amide bonds. The molecule has 0 radical (unpaired) electrons. The number of esters is 1. The van der Waals surface area contributed by atoms with Crippen molar-refractivity contribution in [3.8, 4) is 0 Å². The van der Waals surface area contributed by atoms with Gasteiger partial charge in [-0.2, -0.15) is 0 Å². The monoisotopic (exact) mass is 299 g/mol. The number of hydrogen-bond donors (Lipinski definition) is 0. The van der Waals surface area contributed by atoms with Crippen LogP contribution in [-0.2, 0) is 14.3 Å². The Labute approximate surface area is 130 Å². The van der Waals surface area contributed by atoms with Gasteiger partial charge in [0, 0.05) is 13.0 Å². The fourth-order valence-corrected chi connectivity index (χ4v) is 2.05. The van der Waals surface area contributed by atoms with Crippen molar-refractivity contribution in [2.45, 2.75) is 85.8 Å². The molecular formula is C17H33NO3. The Hall–Kier alpha value is -1.06. The predicted octanol–water partition coefficient (Wildman–Crippen LogP) is 3.78. The smallest absolute Gasteiger partial charge is 0.328 e. The van der Waals surface area contributed by atoms with E-state index in [1.165, 1.54) is 0 Å². The number of unbranched alkanes of at least 4 members (excludes halogenated alkanes) is 2. The van der Waals surface area contributed by atoms with Crippen molar-refractivity contribution in [2.75, 3.05) is 6.54 Å². The lowest BCUT2D eigenvalue weighted by atomic mass is 10.1. The van der Waals surface area contributed by atoms with Crippen LogP contribution < -0.4 is 0 Å². The first-order valence-corrected chi connectivity index (χ1v) is 8.33. The Morgan fingerprint density at radius 3 is 2.14 bits per heavy atom. The van der Waals surface area contributed by atoms with Crippen molar-refractivity contribution in [3.05, 3.63) is 0 Å². The molecular weight excluding hydrogens is 266 g/mol. The summed E-state index contributed by atoms with van der Waals surface area (Å²) in [5, 5.41) is 0. The second-order valence-corrected chi connectivity index (χ2v) is 6.23. The summed E-state index contributed by atoms with van der Waals surface area (Å²) >= 11 is 0. The maximum Gasteiger partial charge on any atom is 0.328 e. The van der Waals surface area contributed by atoms with E-state index in [4.69, 9.17) is 4.74 Å². The van der Waals surface area contributed by atoms with Gasteiger partial charge in [0.1, 0.15) is 6.04 Å². The van der Waals surface area contributed by atoms with E-state index < -0.39 is 6.04 Å². The molecule has 0 aromatic carbocycles. The minimum Gasteiger partial charge on any atom is -0.461 e. The summed E-state index contributed by atoms with van der Waals surface area (Å²) in [5.41, 5.74) is 0. The van der Waals surface area contributed by atoms with E-state index in [-0.39, 0.29) is 18.0 Å². The van der Waals surface area contributed by atoms with Crippen LogP contribution in [0.5, 0.6) is 0 Å². The molecule has 0 saturated carbocycles. The zero-order valence-electron chi connectivity index (χ0n) is 14.6. The first-order chi connectivity index (χ1) is 9.83. The van der Waals surface area contributed by atoms with E-state index in [0.717, 1.165) is 25.7 Å². The number of ether oxygens (including phenoxy) is 1. The van der Waals surface area contributed by atoms with Gasteiger partial charge in [-0.05, 0) is 32.6 Å². The molecule has 4 heteroatoms. The average molecular weight is 299 g/mol. The van der Waals surface area contributed by atoms with E-state index in [0.29, 0.717) is 18.9 Å². The van der Waals surface area contributed by atoms with E-state index in [1.807, 2.05) is 13.8 Å². The fourth-order valence-electron chi connectivity index (χ4n) is 2.05. The quantitative estimate of drug-likeness (QED) is 0.455. The highest BCUT2D eigenvalue weighted by Crippen LogP contribution is 2.12. The molecule has 0 saturated heterocycles. The van der Waals surface area contributed by atoms with Crippen molar-refractivity contribution in [2.24, 2.45) is 5.92 Å². The summed E-state index contributed by atoms with van der Waals surface area (Å²) < 4.78 is 5.37. The molecule has 0 heterocycles. The largest absolute Gasteiger partial charge is 0.461 e. The molecule has 2 unspecified atom stereocenters. The molecule has 0 N–H and O–H groups in total. The summed E-state index contributed by atoms with van der Waals surface area (Å²) in [6.45, 7) is 12.4. The highest BCUT2D eigenvalue weighted by molar-refractivity contribution is 5.84. The van der Waals surface area contributed by atoms with E-state index in [9.17, 15) is 9.59 Å². The molecule has 0 aliphatic carbocycles. The van der Waals surface area contributed by atoms with Crippen LogP contribution in [0.15, 0.2) is 0 Å². The van der Waals surface area contributed by atoms with Crippen molar-refractivity contribution < 1.29 is 14.3 Å². The fraction of sp³-hybridized carbons (Fsp3) is 0.882. The number of amides is 1. The summed E-state index contributed by atoms with van der Waals surface area (Å²) in [6.07, 6.45) is 4.22. The SMILES string of the molecule is CCCCCC(=O)N(CC(C)C)C(C)C(=O)OC(C)CC. The second kappa shape index (κ2) is 10.6. The molecule has 0 fully saturated rings. The van der Waals surface area contributed by atoms with E-state index >= 15 is 0 Å². The van der Waals surface area contributed by atoms with Crippen LogP contribution in [0.25, 0.3) is 0 Å². The molecule has 0 rings (SSSR count). The number of rotatable bonds is 10. The molecule has 0 aromatic rings. The third-order valence-electron chi connectivity index (χ3n) is 3.58. The van der Waals surface area contributed by atoms with Crippen LogP contribution in [0.1, 0.15) is 73.6 Å². The van der Waals surface area contributed by atoms with Gasteiger partial charge in [0.15, 0.2) is 0 Å². The van der Waals surface area contributed by atoms with Gasteiger partial charge in [0.05, 0.1) is 6.10 Å². The van der Waals surface area contributed by atoms with Gasteiger partial charge in [-0.3, -0.25) is 4.79 Å². The zero-order chi connectivity index (χ0) is 16.4. The number of hydrogen-bond acceptors (Lipinski definition) is 3. The lowest BCUT2D eigenvalue weighted by molar-refractivity contribution is -0.158. The minimum atomic E-state index is -0.504. The molecule has 21 heavy (non-hydrogen) atoms. The maximum atomic E-state index is 12.4. The number of carbonyl (C=O) groups excluding carboxylic acids is 2. The van der Waals surface area contributed by atoms with Crippen LogP contribution in [0.4, 0.5) is 0 Å². The Kier molecular flexibility index (Phi) is 10.1. The Bertz CT molecular complexity index is 315. The topological polar surface area (TPSA) is 46.6 Å². The predicted molar refractivity (Wildman–Crippen MR) is 86.0 cm³/mol. The molecule has 0 aliphatic heterocycles. The molecule has 0 spiro atoms. The normalized spacial score (nSPS) is 13.9. The van der Waals surface area contributed by atoms with Gasteiger partial charge in [-0.1, -0.05) is 40.5 Å². The van der Waals surface area contributed by atoms with Crippen molar-refractivity contribution in [1.82, 2.24) is 4.90 Å². The lowest BCUT2D eigenvalue weighted by Gasteiger charge is -2.30. The molecule has 0 bridgehead atoms. The second-order valence-electron chi connectivity index (χ2n) is 6.23. The van der Waals surface area contributed by atoms with Crippen molar-refractivity contribution >= 4 is 11.9 Å². The number of carbonyl (C=O) groups is 2. The standard InChI is InChI=1S/C17H33NO3/c1-7-9-10-11-16(19)18(12-13(3)4)15(6)17(20)21-14(5)8-2/h13-15H,7-12H2,1-6H3. The third-order valence-corrected chi connectivity index (χ3v) is 3.58. The lowest BCUT2D eigenvalue weighted by Crippen LogP contribution is -2.46.